The van der Waals surface area contributed by atoms with Crippen LogP contribution in [0.25, 0.3) is 0 Å². The molecule has 1 heterocycles. The maximum absolute atomic E-state index is 12.3. The number of aromatic nitrogens is 3. The summed E-state index contributed by atoms with van der Waals surface area (Å²) in [5.41, 5.74) is 1.09. The van der Waals surface area contributed by atoms with Gasteiger partial charge in [0.05, 0.1) is 5.75 Å². The number of carbonyl (C=O) groups excluding carboxylic acids is 1. The fourth-order valence-corrected chi connectivity index (χ4v) is 3.29. The van der Waals surface area contributed by atoms with E-state index in [1.54, 1.807) is 11.2 Å². The van der Waals surface area contributed by atoms with Crippen LogP contribution >= 0.6 is 27.7 Å². The Morgan fingerprint density at radius 3 is 2.82 bits per heavy atom. The van der Waals surface area contributed by atoms with Crippen molar-refractivity contribution in [3.63, 3.8) is 0 Å². The molecule has 0 spiro atoms. The first kappa shape index (κ1) is 17.0. The van der Waals surface area contributed by atoms with E-state index in [4.69, 9.17) is 0 Å². The molecule has 1 aromatic heterocycles. The van der Waals surface area contributed by atoms with Crippen LogP contribution < -0.4 is 0 Å². The monoisotopic (exact) mass is 382 g/mol. The minimum atomic E-state index is 0.0686. The number of rotatable bonds is 6. The van der Waals surface area contributed by atoms with Gasteiger partial charge in [0, 0.05) is 24.1 Å². The summed E-state index contributed by atoms with van der Waals surface area (Å²) < 4.78 is 2.98. The van der Waals surface area contributed by atoms with E-state index in [9.17, 15) is 4.79 Å². The fraction of sp³-hybridized carbons (Fsp3) is 0.400. The van der Waals surface area contributed by atoms with Gasteiger partial charge in [0.1, 0.15) is 6.33 Å². The molecule has 118 valence electrons. The first-order valence-electron chi connectivity index (χ1n) is 6.98. The molecule has 0 saturated heterocycles. The second-order valence-electron chi connectivity index (χ2n) is 5.24. The van der Waals surface area contributed by atoms with E-state index in [2.05, 4.69) is 40.0 Å². The van der Waals surface area contributed by atoms with Gasteiger partial charge in [0.15, 0.2) is 5.16 Å². The maximum atomic E-state index is 12.3. The highest BCUT2D eigenvalue weighted by Gasteiger charge is 2.14. The van der Waals surface area contributed by atoms with E-state index >= 15 is 0 Å². The summed E-state index contributed by atoms with van der Waals surface area (Å²) in [5, 5.41) is 8.75. The van der Waals surface area contributed by atoms with Crippen LogP contribution in [0.3, 0.4) is 0 Å². The molecular weight excluding hydrogens is 364 g/mol. The lowest BCUT2D eigenvalue weighted by molar-refractivity contribution is -0.127. The number of carbonyl (C=O) groups is 1. The SMILES string of the molecule is CC(C)n1cnnc1SCC(=O)N(C)Cc1ccccc1Br. The van der Waals surface area contributed by atoms with Gasteiger partial charge in [0.25, 0.3) is 0 Å². The summed E-state index contributed by atoms with van der Waals surface area (Å²) in [5.74, 6) is 0.422. The number of hydrogen-bond acceptors (Lipinski definition) is 4. The Balaban J connectivity index is 1.92. The number of hydrogen-bond donors (Lipinski definition) is 0. The van der Waals surface area contributed by atoms with Crippen molar-refractivity contribution in [2.45, 2.75) is 31.6 Å². The third kappa shape index (κ3) is 4.33. The van der Waals surface area contributed by atoms with Crippen LogP contribution in [0.2, 0.25) is 0 Å². The third-order valence-electron chi connectivity index (χ3n) is 3.21. The Kier molecular flexibility index (Phi) is 6.02. The highest BCUT2D eigenvalue weighted by molar-refractivity contribution is 9.10. The number of thioether (sulfide) groups is 1. The van der Waals surface area contributed by atoms with Crippen molar-refractivity contribution in [1.29, 1.82) is 0 Å². The number of nitrogens with zero attached hydrogens (tertiary/aromatic N) is 4. The Bertz CT molecular complexity index is 644. The second kappa shape index (κ2) is 7.78. The van der Waals surface area contributed by atoms with Gasteiger partial charge in [-0.1, -0.05) is 45.9 Å². The van der Waals surface area contributed by atoms with Crippen LogP contribution in [0.15, 0.2) is 40.2 Å². The summed E-state index contributed by atoms with van der Waals surface area (Å²) in [6.45, 7) is 4.71. The first-order valence-corrected chi connectivity index (χ1v) is 8.76. The lowest BCUT2D eigenvalue weighted by Crippen LogP contribution is -2.28. The number of amides is 1. The lowest BCUT2D eigenvalue weighted by atomic mass is 10.2. The van der Waals surface area contributed by atoms with Crippen LogP contribution in [0.1, 0.15) is 25.5 Å². The molecule has 2 aromatic rings. The van der Waals surface area contributed by atoms with E-state index in [0.29, 0.717) is 12.3 Å². The molecule has 0 N–H and O–H groups in total. The van der Waals surface area contributed by atoms with Gasteiger partial charge in [-0.15, -0.1) is 10.2 Å². The topological polar surface area (TPSA) is 51.0 Å². The van der Waals surface area contributed by atoms with Crippen molar-refractivity contribution in [3.05, 3.63) is 40.6 Å². The molecule has 5 nitrogen and oxygen atoms in total. The average Bonchev–Trinajstić information content (AvgIpc) is 2.95. The van der Waals surface area contributed by atoms with Crippen LogP contribution in [0.4, 0.5) is 0 Å². The molecule has 1 aromatic carbocycles. The van der Waals surface area contributed by atoms with Gasteiger partial charge < -0.3 is 9.47 Å². The van der Waals surface area contributed by atoms with Gasteiger partial charge >= 0.3 is 0 Å². The van der Waals surface area contributed by atoms with Crippen molar-refractivity contribution >= 4 is 33.6 Å². The van der Waals surface area contributed by atoms with E-state index in [1.165, 1.54) is 11.8 Å². The highest BCUT2D eigenvalue weighted by Crippen LogP contribution is 2.20. The molecule has 0 aliphatic carbocycles. The third-order valence-corrected chi connectivity index (χ3v) is 4.93. The predicted octanol–water partition coefficient (Wildman–Crippen LogP) is 3.37. The fourth-order valence-electron chi connectivity index (χ4n) is 1.90. The maximum Gasteiger partial charge on any atom is 0.233 e. The summed E-state index contributed by atoms with van der Waals surface area (Å²) in [6.07, 6.45) is 1.70. The van der Waals surface area contributed by atoms with Crippen LogP contribution in [0, 0.1) is 0 Å². The van der Waals surface area contributed by atoms with Gasteiger partial charge in [-0.2, -0.15) is 0 Å². The molecule has 0 radical (unpaired) electrons. The molecule has 22 heavy (non-hydrogen) atoms. The molecular formula is C15H19BrN4OS. The molecule has 0 aliphatic rings. The zero-order valence-corrected chi connectivity index (χ0v) is 15.3. The molecule has 0 unspecified atom stereocenters. The number of halogens is 1. The van der Waals surface area contributed by atoms with E-state index in [1.807, 2.05) is 35.9 Å². The molecule has 0 bridgehead atoms. The van der Waals surface area contributed by atoms with Gasteiger partial charge in [-0.3, -0.25) is 4.79 Å². The van der Waals surface area contributed by atoms with Crippen LogP contribution in [0.5, 0.6) is 0 Å². The van der Waals surface area contributed by atoms with Crippen molar-refractivity contribution in [3.8, 4) is 0 Å². The highest BCUT2D eigenvalue weighted by atomic mass is 79.9. The van der Waals surface area contributed by atoms with Crippen molar-refractivity contribution in [2.24, 2.45) is 0 Å². The Labute approximate surface area is 143 Å². The molecule has 0 aliphatic heterocycles. The van der Waals surface area contributed by atoms with E-state index in [-0.39, 0.29) is 11.9 Å². The first-order chi connectivity index (χ1) is 10.5. The molecule has 1 amide bonds. The Morgan fingerprint density at radius 2 is 2.14 bits per heavy atom. The summed E-state index contributed by atoms with van der Waals surface area (Å²) >= 11 is 4.92. The molecule has 0 fully saturated rings. The van der Waals surface area contributed by atoms with Crippen molar-refractivity contribution in [2.75, 3.05) is 12.8 Å². The van der Waals surface area contributed by atoms with Gasteiger partial charge in [-0.05, 0) is 25.5 Å². The van der Waals surface area contributed by atoms with E-state index in [0.717, 1.165) is 15.2 Å². The predicted molar refractivity (Wildman–Crippen MR) is 91.7 cm³/mol. The van der Waals surface area contributed by atoms with Crippen LogP contribution in [-0.2, 0) is 11.3 Å². The Morgan fingerprint density at radius 1 is 1.41 bits per heavy atom. The molecule has 7 heteroatoms. The summed E-state index contributed by atoms with van der Waals surface area (Å²) in [4.78, 5) is 14.0. The average molecular weight is 383 g/mol. The van der Waals surface area contributed by atoms with Crippen LogP contribution in [-0.4, -0.2) is 38.4 Å². The van der Waals surface area contributed by atoms with Crippen molar-refractivity contribution < 1.29 is 4.79 Å². The van der Waals surface area contributed by atoms with Gasteiger partial charge in [0.2, 0.25) is 5.91 Å². The smallest absolute Gasteiger partial charge is 0.233 e. The largest absolute Gasteiger partial charge is 0.341 e. The summed E-state index contributed by atoms with van der Waals surface area (Å²) in [7, 11) is 1.81. The zero-order valence-electron chi connectivity index (χ0n) is 12.9. The molecule has 0 atom stereocenters. The standard InChI is InChI=1S/C15H19BrN4OS/c1-11(2)20-10-17-18-15(20)22-9-14(21)19(3)8-12-6-4-5-7-13(12)16/h4-7,10-11H,8-9H2,1-3H3. The minimum absolute atomic E-state index is 0.0686. The van der Waals surface area contributed by atoms with Crippen molar-refractivity contribution in [1.82, 2.24) is 19.7 Å². The normalized spacial score (nSPS) is 11.0. The minimum Gasteiger partial charge on any atom is -0.341 e. The molecule has 0 saturated carbocycles. The second-order valence-corrected chi connectivity index (χ2v) is 7.04. The van der Waals surface area contributed by atoms with Gasteiger partial charge in [-0.25, -0.2) is 0 Å². The summed E-state index contributed by atoms with van der Waals surface area (Å²) in [6, 6.07) is 8.21. The number of benzene rings is 1. The zero-order chi connectivity index (χ0) is 16.1. The van der Waals surface area contributed by atoms with E-state index < -0.39 is 0 Å². The quantitative estimate of drug-likeness (QED) is 0.718. The molecule has 2 rings (SSSR count). The Hall–Kier alpha value is -1.34. The lowest BCUT2D eigenvalue weighted by Gasteiger charge is -2.18.